The lowest BCUT2D eigenvalue weighted by atomic mass is 9.74. The van der Waals surface area contributed by atoms with Crippen molar-refractivity contribution in [2.24, 2.45) is 10.8 Å². The average molecular weight is 344 g/mol. The van der Waals surface area contributed by atoms with Gasteiger partial charge in [-0.05, 0) is 56.4 Å². The summed E-state index contributed by atoms with van der Waals surface area (Å²) in [7, 11) is 2.39. The molecule has 0 bridgehead atoms. The number of halogens is 1. The number of hydrogen-bond acceptors (Lipinski definition) is 1. The fraction of sp³-hybridized carbons (Fsp3) is 1.00. The summed E-state index contributed by atoms with van der Waals surface area (Å²) in [6.07, 6.45) is 14.3. The molecule has 118 valence electrons. The predicted octanol–water partition coefficient (Wildman–Crippen LogP) is 5.62. The van der Waals surface area contributed by atoms with Crippen LogP contribution in [0.25, 0.3) is 0 Å². The minimum absolute atomic E-state index is 0.554. The van der Waals surface area contributed by atoms with Gasteiger partial charge in [-0.3, -0.25) is 0 Å². The maximum Gasteiger partial charge on any atom is 0.0100 e. The van der Waals surface area contributed by atoms with Gasteiger partial charge in [-0.2, -0.15) is 0 Å². The molecule has 2 rings (SSSR count). The van der Waals surface area contributed by atoms with Gasteiger partial charge in [0.05, 0.1) is 0 Å². The van der Waals surface area contributed by atoms with Crippen molar-refractivity contribution in [3.8, 4) is 0 Å². The van der Waals surface area contributed by atoms with Gasteiger partial charge in [0, 0.05) is 17.9 Å². The topological polar surface area (TPSA) is 3.24 Å². The van der Waals surface area contributed by atoms with Crippen molar-refractivity contribution in [1.82, 2.24) is 4.90 Å². The molecule has 2 aliphatic rings. The fourth-order valence-electron chi connectivity index (χ4n) is 4.30. The zero-order valence-electron chi connectivity index (χ0n) is 13.9. The molecule has 2 fully saturated rings. The van der Waals surface area contributed by atoms with Gasteiger partial charge in [0.2, 0.25) is 0 Å². The van der Waals surface area contributed by atoms with Gasteiger partial charge < -0.3 is 4.90 Å². The Labute approximate surface area is 135 Å². The van der Waals surface area contributed by atoms with E-state index in [4.69, 9.17) is 0 Å². The first-order chi connectivity index (χ1) is 9.46. The third kappa shape index (κ3) is 4.47. The zero-order valence-corrected chi connectivity index (χ0v) is 15.5. The summed E-state index contributed by atoms with van der Waals surface area (Å²) in [4.78, 5) is 2.71. The van der Waals surface area contributed by atoms with Gasteiger partial charge in [-0.1, -0.05) is 55.5 Å². The van der Waals surface area contributed by atoms with Crippen LogP contribution >= 0.6 is 15.9 Å². The Balaban J connectivity index is 1.90. The minimum atomic E-state index is 0.554. The predicted molar refractivity (Wildman–Crippen MR) is 92.6 cm³/mol. The molecular formula is C18H34BrN. The number of rotatable bonds is 4. The normalized spacial score (nSPS) is 27.4. The smallest absolute Gasteiger partial charge is 0.0100 e. The van der Waals surface area contributed by atoms with E-state index in [0.717, 1.165) is 6.04 Å². The Morgan fingerprint density at radius 2 is 1.50 bits per heavy atom. The van der Waals surface area contributed by atoms with Crippen LogP contribution in [0.4, 0.5) is 0 Å². The highest BCUT2D eigenvalue weighted by molar-refractivity contribution is 9.09. The molecule has 0 aliphatic heterocycles. The fourth-order valence-corrected chi connectivity index (χ4v) is 5.03. The number of hydrogen-bond donors (Lipinski definition) is 0. The Kier molecular flexibility index (Phi) is 5.99. The van der Waals surface area contributed by atoms with Crippen LogP contribution in [0.3, 0.4) is 0 Å². The summed E-state index contributed by atoms with van der Waals surface area (Å²) < 4.78 is 0. The quantitative estimate of drug-likeness (QED) is 0.472. The Hall–Kier alpha value is 0.440. The van der Waals surface area contributed by atoms with Crippen LogP contribution in [0.15, 0.2) is 0 Å². The SMILES string of the molecule is CN(CC1(CBr)CCCCCC1)C1CCC(C)(C)CC1. The third-order valence-electron chi connectivity index (χ3n) is 5.96. The molecule has 2 heteroatoms. The van der Waals surface area contributed by atoms with Crippen molar-refractivity contribution in [2.75, 3.05) is 18.9 Å². The third-order valence-corrected chi connectivity index (χ3v) is 7.15. The average Bonchev–Trinajstić information content (AvgIpc) is 2.64. The maximum absolute atomic E-state index is 3.85. The van der Waals surface area contributed by atoms with Gasteiger partial charge in [0.15, 0.2) is 0 Å². The van der Waals surface area contributed by atoms with E-state index in [1.807, 2.05) is 0 Å². The van der Waals surface area contributed by atoms with Gasteiger partial charge >= 0.3 is 0 Å². The standard InChI is InChI=1S/C18H34BrN/c1-17(2)12-8-16(9-13-17)20(3)15-18(14-19)10-6-4-5-7-11-18/h16H,4-15H2,1-3H3. The van der Waals surface area contributed by atoms with Crippen molar-refractivity contribution in [2.45, 2.75) is 84.1 Å². The summed E-state index contributed by atoms with van der Waals surface area (Å²) in [5, 5.41) is 1.20. The Bertz CT molecular complexity index is 282. The molecule has 2 saturated carbocycles. The molecule has 0 aromatic rings. The van der Waals surface area contributed by atoms with Crippen LogP contribution in [0.5, 0.6) is 0 Å². The second-order valence-electron chi connectivity index (χ2n) is 8.36. The molecule has 0 spiro atoms. The minimum Gasteiger partial charge on any atom is -0.303 e. The van der Waals surface area contributed by atoms with Crippen LogP contribution < -0.4 is 0 Å². The van der Waals surface area contributed by atoms with E-state index in [1.54, 1.807) is 0 Å². The van der Waals surface area contributed by atoms with Crippen LogP contribution in [0.2, 0.25) is 0 Å². The largest absolute Gasteiger partial charge is 0.303 e. The molecule has 0 aromatic heterocycles. The molecule has 2 aliphatic carbocycles. The first-order valence-corrected chi connectivity index (χ1v) is 9.85. The first kappa shape index (κ1) is 16.8. The Morgan fingerprint density at radius 3 is 2.00 bits per heavy atom. The molecule has 0 radical (unpaired) electrons. The molecule has 0 N–H and O–H groups in total. The van der Waals surface area contributed by atoms with Crippen LogP contribution in [0.1, 0.15) is 78.1 Å². The van der Waals surface area contributed by atoms with E-state index in [0.29, 0.717) is 10.8 Å². The molecule has 0 unspecified atom stereocenters. The second-order valence-corrected chi connectivity index (χ2v) is 8.92. The summed E-state index contributed by atoms with van der Waals surface area (Å²) in [6, 6.07) is 0.835. The summed E-state index contributed by atoms with van der Waals surface area (Å²) >= 11 is 3.85. The summed E-state index contributed by atoms with van der Waals surface area (Å²) in [5.74, 6) is 0. The molecule has 0 aromatic carbocycles. The van der Waals surface area contributed by atoms with E-state index in [9.17, 15) is 0 Å². The van der Waals surface area contributed by atoms with Crippen molar-refractivity contribution >= 4 is 15.9 Å². The van der Waals surface area contributed by atoms with E-state index < -0.39 is 0 Å². The van der Waals surface area contributed by atoms with Gasteiger partial charge in [0.25, 0.3) is 0 Å². The maximum atomic E-state index is 3.85. The van der Waals surface area contributed by atoms with E-state index in [-0.39, 0.29) is 0 Å². The molecule has 0 heterocycles. The van der Waals surface area contributed by atoms with Crippen molar-refractivity contribution in [1.29, 1.82) is 0 Å². The molecule has 0 saturated heterocycles. The van der Waals surface area contributed by atoms with Gasteiger partial charge in [0.1, 0.15) is 0 Å². The zero-order chi connectivity index (χ0) is 14.6. The van der Waals surface area contributed by atoms with Crippen molar-refractivity contribution in [3.05, 3.63) is 0 Å². The first-order valence-electron chi connectivity index (χ1n) is 8.73. The van der Waals surface area contributed by atoms with E-state index in [2.05, 4.69) is 41.7 Å². The van der Waals surface area contributed by atoms with Crippen LogP contribution in [0, 0.1) is 10.8 Å². The van der Waals surface area contributed by atoms with Gasteiger partial charge in [-0.25, -0.2) is 0 Å². The summed E-state index contributed by atoms with van der Waals surface area (Å²) in [6.45, 7) is 6.19. The number of alkyl halides is 1. The van der Waals surface area contributed by atoms with E-state index >= 15 is 0 Å². The monoisotopic (exact) mass is 343 g/mol. The van der Waals surface area contributed by atoms with Crippen LogP contribution in [-0.2, 0) is 0 Å². The molecule has 0 atom stereocenters. The second kappa shape index (κ2) is 7.13. The van der Waals surface area contributed by atoms with Gasteiger partial charge in [-0.15, -0.1) is 0 Å². The van der Waals surface area contributed by atoms with Crippen molar-refractivity contribution < 1.29 is 0 Å². The highest BCUT2D eigenvalue weighted by Gasteiger charge is 2.35. The van der Waals surface area contributed by atoms with Crippen molar-refractivity contribution in [3.63, 3.8) is 0 Å². The van der Waals surface area contributed by atoms with E-state index in [1.165, 1.54) is 76.1 Å². The molecular weight excluding hydrogens is 310 g/mol. The highest BCUT2D eigenvalue weighted by atomic mass is 79.9. The molecule has 20 heavy (non-hydrogen) atoms. The molecule has 1 nitrogen and oxygen atoms in total. The lowest BCUT2D eigenvalue weighted by molar-refractivity contribution is 0.0853. The summed E-state index contributed by atoms with van der Waals surface area (Å²) in [5.41, 5.74) is 1.14. The van der Waals surface area contributed by atoms with Crippen LogP contribution in [-0.4, -0.2) is 29.9 Å². The Morgan fingerprint density at radius 1 is 0.950 bits per heavy atom. The lowest BCUT2D eigenvalue weighted by Gasteiger charge is -2.43. The molecule has 0 amide bonds. The number of nitrogens with zero attached hydrogens (tertiary/aromatic N) is 1. The lowest BCUT2D eigenvalue weighted by Crippen LogP contribution is -2.44. The highest BCUT2D eigenvalue weighted by Crippen LogP contribution is 2.40.